The molecule has 12 heteroatoms. The molecule has 0 aliphatic carbocycles. The number of benzene rings is 1. The molecule has 0 fully saturated rings. The van der Waals surface area contributed by atoms with E-state index in [1.165, 1.54) is 18.3 Å². The number of aliphatic hydroxyl groups is 1. The lowest BCUT2D eigenvalue weighted by Gasteiger charge is -2.21. The monoisotopic (exact) mass is 482 g/mol. The van der Waals surface area contributed by atoms with Crippen LogP contribution in [0.15, 0.2) is 39.8 Å². The minimum Gasteiger partial charge on any atom is -0.394 e. The lowest BCUT2D eigenvalue weighted by molar-refractivity contribution is -0.0436. The van der Waals surface area contributed by atoms with Gasteiger partial charge in [0.1, 0.15) is 5.82 Å². The van der Waals surface area contributed by atoms with Crippen molar-refractivity contribution in [2.75, 3.05) is 17.2 Å². The largest absolute Gasteiger partial charge is 0.501 e. The standard InChI is InChI=1S/C16H18BrF3N4O3S/c1-9(2)13(8-25)23-14-12(17)7-21-15(24-14)22-10-3-5-11(6-4-10)28(26,27)16(18,19)20/h3-7,9,13,25H,8H2,1-2H3,(H2,21,22,23,24)/t13-/m0/s1. The van der Waals surface area contributed by atoms with E-state index in [4.69, 9.17) is 0 Å². The zero-order valence-corrected chi connectivity index (χ0v) is 17.2. The number of nitrogens with zero attached hydrogens (tertiary/aromatic N) is 2. The second kappa shape index (κ2) is 8.62. The minimum absolute atomic E-state index is 0.105. The molecular formula is C16H18BrF3N4O3S. The number of sulfone groups is 1. The molecular weight excluding hydrogens is 465 g/mol. The second-order valence-corrected chi connectivity index (χ2v) is 8.96. The average molecular weight is 483 g/mol. The molecule has 0 saturated heterocycles. The van der Waals surface area contributed by atoms with Gasteiger partial charge in [-0.05, 0) is 46.1 Å². The SMILES string of the molecule is CC(C)[C@H](CO)Nc1nc(Nc2ccc(S(=O)(=O)C(F)(F)F)cc2)ncc1Br. The van der Waals surface area contributed by atoms with E-state index in [1.54, 1.807) is 0 Å². The summed E-state index contributed by atoms with van der Waals surface area (Å²) in [6, 6.07) is 3.82. The van der Waals surface area contributed by atoms with Gasteiger partial charge in [0.05, 0.1) is 22.0 Å². The fourth-order valence-electron chi connectivity index (χ4n) is 2.11. The number of aromatic nitrogens is 2. The van der Waals surface area contributed by atoms with Gasteiger partial charge in [-0.25, -0.2) is 13.4 Å². The van der Waals surface area contributed by atoms with Crippen LogP contribution in [0.1, 0.15) is 13.8 Å². The molecule has 2 rings (SSSR count). The Morgan fingerprint density at radius 3 is 2.32 bits per heavy atom. The highest BCUT2D eigenvalue weighted by Gasteiger charge is 2.46. The van der Waals surface area contributed by atoms with Crippen molar-refractivity contribution in [3.63, 3.8) is 0 Å². The van der Waals surface area contributed by atoms with Crippen molar-refractivity contribution in [3.8, 4) is 0 Å². The van der Waals surface area contributed by atoms with Gasteiger partial charge in [0, 0.05) is 11.9 Å². The Kier molecular flexibility index (Phi) is 6.88. The van der Waals surface area contributed by atoms with Crippen LogP contribution < -0.4 is 10.6 Å². The van der Waals surface area contributed by atoms with Crippen LogP contribution in [0, 0.1) is 5.92 Å². The maximum Gasteiger partial charge on any atom is 0.501 e. The second-order valence-electron chi connectivity index (χ2n) is 6.17. The summed E-state index contributed by atoms with van der Waals surface area (Å²) in [5.74, 6) is 0.686. The van der Waals surface area contributed by atoms with Gasteiger partial charge in [-0.2, -0.15) is 18.2 Å². The Balaban J connectivity index is 2.21. The number of hydrogen-bond donors (Lipinski definition) is 3. The highest BCUT2D eigenvalue weighted by atomic mass is 79.9. The van der Waals surface area contributed by atoms with Crippen LogP contribution in [0.3, 0.4) is 0 Å². The summed E-state index contributed by atoms with van der Waals surface area (Å²) >= 11 is 3.30. The molecule has 154 valence electrons. The molecule has 1 heterocycles. The molecule has 0 aliphatic heterocycles. The topological polar surface area (TPSA) is 104 Å². The molecule has 28 heavy (non-hydrogen) atoms. The van der Waals surface area contributed by atoms with Gasteiger partial charge in [0.25, 0.3) is 9.84 Å². The molecule has 0 bridgehead atoms. The summed E-state index contributed by atoms with van der Waals surface area (Å²) in [6.45, 7) is 3.75. The van der Waals surface area contributed by atoms with Crippen molar-refractivity contribution in [1.82, 2.24) is 9.97 Å². The molecule has 0 spiro atoms. The van der Waals surface area contributed by atoms with Gasteiger partial charge < -0.3 is 15.7 Å². The first-order valence-corrected chi connectivity index (χ1v) is 10.3. The van der Waals surface area contributed by atoms with Gasteiger partial charge in [-0.1, -0.05) is 13.8 Å². The number of alkyl halides is 3. The Bertz CT molecular complexity index is 922. The summed E-state index contributed by atoms with van der Waals surface area (Å²) in [6.07, 6.45) is 1.47. The van der Waals surface area contributed by atoms with Crippen LogP contribution in [0.2, 0.25) is 0 Å². The highest BCUT2D eigenvalue weighted by Crippen LogP contribution is 2.31. The van der Waals surface area contributed by atoms with E-state index in [1.807, 2.05) is 13.8 Å². The van der Waals surface area contributed by atoms with Crippen molar-refractivity contribution in [3.05, 3.63) is 34.9 Å². The maximum atomic E-state index is 12.6. The normalized spacial score (nSPS) is 13.4. The molecule has 0 unspecified atom stereocenters. The number of rotatable bonds is 7. The molecule has 1 aromatic carbocycles. The highest BCUT2D eigenvalue weighted by molar-refractivity contribution is 9.10. The van der Waals surface area contributed by atoms with E-state index in [2.05, 4.69) is 36.5 Å². The van der Waals surface area contributed by atoms with Gasteiger partial charge >= 0.3 is 5.51 Å². The maximum absolute atomic E-state index is 12.6. The Morgan fingerprint density at radius 1 is 1.21 bits per heavy atom. The van der Waals surface area contributed by atoms with E-state index >= 15 is 0 Å². The van der Waals surface area contributed by atoms with E-state index in [-0.39, 0.29) is 24.5 Å². The van der Waals surface area contributed by atoms with Gasteiger partial charge in [0.15, 0.2) is 0 Å². The van der Waals surface area contributed by atoms with Crippen LogP contribution in [0.4, 0.5) is 30.6 Å². The predicted molar refractivity (Wildman–Crippen MR) is 102 cm³/mol. The fraction of sp³-hybridized carbons (Fsp3) is 0.375. The van der Waals surface area contributed by atoms with Crippen LogP contribution in [0.25, 0.3) is 0 Å². The van der Waals surface area contributed by atoms with Crippen molar-refractivity contribution < 1.29 is 26.7 Å². The van der Waals surface area contributed by atoms with Crippen molar-refractivity contribution in [1.29, 1.82) is 0 Å². The fourth-order valence-corrected chi connectivity index (χ4v) is 3.17. The molecule has 3 N–H and O–H groups in total. The van der Waals surface area contributed by atoms with Crippen LogP contribution in [-0.4, -0.2) is 41.6 Å². The first-order chi connectivity index (χ1) is 13.0. The third-order valence-electron chi connectivity index (χ3n) is 3.79. The van der Waals surface area contributed by atoms with E-state index in [9.17, 15) is 26.7 Å². The minimum atomic E-state index is -5.40. The van der Waals surface area contributed by atoms with Gasteiger partial charge in [0.2, 0.25) is 5.95 Å². The lowest BCUT2D eigenvalue weighted by atomic mass is 10.1. The number of nitrogens with one attached hydrogen (secondary N) is 2. The van der Waals surface area contributed by atoms with Crippen LogP contribution in [-0.2, 0) is 9.84 Å². The summed E-state index contributed by atoms with van der Waals surface area (Å²) in [7, 11) is -5.40. The Morgan fingerprint density at radius 2 is 1.82 bits per heavy atom. The summed E-state index contributed by atoms with van der Waals surface area (Å²) in [5.41, 5.74) is -5.06. The quantitative estimate of drug-likeness (QED) is 0.552. The van der Waals surface area contributed by atoms with Crippen LogP contribution >= 0.6 is 15.9 Å². The molecule has 7 nitrogen and oxygen atoms in total. The number of halogens is 4. The number of aliphatic hydroxyl groups excluding tert-OH is 1. The third-order valence-corrected chi connectivity index (χ3v) is 5.88. The molecule has 0 saturated carbocycles. The first-order valence-electron chi connectivity index (χ1n) is 8.04. The lowest BCUT2D eigenvalue weighted by Crippen LogP contribution is -2.30. The number of anilines is 3. The zero-order chi connectivity index (χ0) is 21.1. The first kappa shape index (κ1) is 22.4. The van der Waals surface area contributed by atoms with Crippen molar-refractivity contribution >= 4 is 43.2 Å². The molecule has 0 aliphatic rings. The third kappa shape index (κ3) is 5.11. The van der Waals surface area contributed by atoms with Crippen LogP contribution in [0.5, 0.6) is 0 Å². The molecule has 1 aromatic heterocycles. The molecule has 2 aromatic rings. The van der Waals surface area contributed by atoms with Crippen molar-refractivity contribution in [2.24, 2.45) is 5.92 Å². The van der Waals surface area contributed by atoms with E-state index < -0.39 is 20.2 Å². The predicted octanol–water partition coefficient (Wildman–Crippen LogP) is 3.71. The summed E-state index contributed by atoms with van der Waals surface area (Å²) < 4.78 is 61.1. The summed E-state index contributed by atoms with van der Waals surface area (Å²) in [5, 5.41) is 15.3. The Hall–Kier alpha value is -1.92. The molecule has 0 radical (unpaired) electrons. The average Bonchev–Trinajstić information content (AvgIpc) is 2.61. The molecule has 0 amide bonds. The summed E-state index contributed by atoms with van der Waals surface area (Å²) in [4.78, 5) is 7.46. The molecule has 1 atom stereocenters. The van der Waals surface area contributed by atoms with Gasteiger partial charge in [-0.3, -0.25) is 0 Å². The van der Waals surface area contributed by atoms with Crippen molar-refractivity contribution in [2.45, 2.75) is 30.3 Å². The van der Waals surface area contributed by atoms with E-state index in [0.29, 0.717) is 16.0 Å². The zero-order valence-electron chi connectivity index (χ0n) is 14.8. The van der Waals surface area contributed by atoms with E-state index in [0.717, 1.165) is 12.1 Å². The smallest absolute Gasteiger partial charge is 0.394 e. The van der Waals surface area contributed by atoms with Gasteiger partial charge in [-0.15, -0.1) is 0 Å². The Labute approximate surface area is 168 Å². The number of hydrogen-bond acceptors (Lipinski definition) is 7.